The van der Waals surface area contributed by atoms with Gasteiger partial charge in [-0.05, 0) is 0 Å². The van der Waals surface area contributed by atoms with E-state index in [1.165, 1.54) is 4.57 Å². The lowest BCUT2D eigenvalue weighted by Crippen LogP contribution is -2.69. The van der Waals surface area contributed by atoms with Gasteiger partial charge in [-0.25, -0.2) is 4.57 Å². The molecule has 30 aliphatic heterocycles. The van der Waals surface area contributed by atoms with Crippen LogP contribution in [0.25, 0.3) is 0 Å². The quantitative estimate of drug-likeness (QED) is 0.102. The van der Waals surface area contributed by atoms with Gasteiger partial charge in [-0.2, -0.15) is 0 Å². The molecule has 0 saturated carbocycles. The van der Waals surface area contributed by atoms with Crippen molar-refractivity contribution in [2.75, 3.05) is 46.2 Å². The molecule has 40 atom stereocenters. The first-order chi connectivity index (χ1) is 44.4. The molecule has 30 aliphatic rings. The van der Waals surface area contributed by atoms with Crippen LogP contribution in [0.1, 0.15) is 0 Å². The van der Waals surface area contributed by atoms with Crippen LogP contribution < -0.4 is 4.57 Å². The Morgan fingerprint density at radius 3 is 0.505 bits per heavy atom. The first kappa shape index (κ1) is 73.3. The largest absolute Gasteiger partial charge is 0.394 e. The predicted molar refractivity (Wildman–Crippen MR) is 281 cm³/mol. The minimum atomic E-state index is -2.25. The molecule has 0 unspecified atom stereocenters. The van der Waals surface area contributed by atoms with Gasteiger partial charge in [0.05, 0.1) is 46.2 Å². The van der Waals surface area contributed by atoms with E-state index in [0.717, 1.165) is 0 Å². The van der Waals surface area contributed by atoms with Crippen LogP contribution in [-0.2, 0) is 82.3 Å². The van der Waals surface area contributed by atoms with E-state index in [-0.39, 0.29) is 6.54 Å². The lowest BCUT2D eigenvalue weighted by atomic mass is 9.94. The number of aromatic nitrogens is 1. The maximum atomic E-state index is 11.8. The van der Waals surface area contributed by atoms with E-state index < -0.39 is 292 Å². The van der Waals surface area contributed by atoms with Crippen molar-refractivity contribution in [1.29, 1.82) is 0 Å². The maximum absolute atomic E-state index is 11.8. The van der Waals surface area contributed by atoms with E-state index in [1.807, 2.05) is 0 Å². The number of nitrogens with zero attached hydrogens (tertiary/aromatic N) is 1. The van der Waals surface area contributed by atoms with Gasteiger partial charge in [0.25, 0.3) is 0 Å². The predicted octanol–water partition coefficient (Wildman–Crippen LogP) is -16.4. The zero-order valence-electron chi connectivity index (χ0n) is 48.9. The summed E-state index contributed by atoms with van der Waals surface area (Å²) in [6.07, 6.45) is -77.8. The number of rotatable bonds is 9. The third-order valence-corrected chi connectivity index (χ3v) is 17.9. The fraction of sp³-hybridized carbons (Fsp3) is 0.906. The highest BCUT2D eigenvalue weighted by molar-refractivity contribution is 5.02. The Hall–Kier alpha value is -2.41. The van der Waals surface area contributed by atoms with E-state index in [9.17, 15) is 117 Å². The molecule has 0 aliphatic carbocycles. The molecule has 1 aromatic heterocycles. The Morgan fingerprint density at radius 1 is 0.194 bits per heavy atom. The Labute approximate surface area is 525 Å². The Kier molecular flexibility index (Phi) is 24.8. The average Bonchev–Trinajstić information content (AvgIpc) is 0.790. The van der Waals surface area contributed by atoms with Gasteiger partial charge < -0.3 is 193 Å². The topological polar surface area (TPSA) is 617 Å². The summed E-state index contributed by atoms with van der Waals surface area (Å²) in [5.74, 6) is 0. The third kappa shape index (κ3) is 14.8. The van der Waals surface area contributed by atoms with Crippen LogP contribution in [0.2, 0.25) is 0 Å². The smallest absolute Gasteiger partial charge is 0.187 e. The van der Waals surface area contributed by atoms with Crippen LogP contribution in [0.3, 0.4) is 0 Å². The summed E-state index contributed by atoms with van der Waals surface area (Å²) in [5, 5.41) is 258. The highest BCUT2D eigenvalue weighted by Crippen LogP contribution is 2.40. The van der Waals surface area contributed by atoms with Crippen LogP contribution in [-0.4, -0.2) is 409 Å². The SMILES string of the molecule is OC[C@@H]1O[C@@H]2O[C@H]3[C@H](O)[C@@H](O)[C@@H](O[C@H]4[C@H](O)[C@@H](O)[C@@H](O[C@H]5[C@H](O)[C@H](O)[C@@H](O[C@H]6[C@@H](O)[C@@H](O)[C@@H](O[C@H]7[C@H](O)[C@@H](O)[C@@H](O[C@H]8[C@H](O)[C@@H](O)[C@@H](O[C@H]9[C@H](O)[C@@H](O)[C@@H](O[C@H]1[C@H](O)[C@H]2O)O[C@H]9CO)O[C@@H]8CO)O[C@@H]7CO)O[C@@H]6CO)O[C@@H]5CO)O[C@@H]4C[n+]1ccccc1)O[C@H]3CO. The molecule has 40 heteroatoms. The fourth-order valence-electron chi connectivity index (χ4n) is 12.7. The summed E-state index contributed by atoms with van der Waals surface area (Å²) in [7, 11) is 0. The van der Waals surface area contributed by atoms with Gasteiger partial charge in [0, 0.05) is 12.1 Å². The average molecular weight is 1360 g/mol. The highest BCUT2D eigenvalue weighted by Gasteiger charge is 2.60. The molecule has 16 bridgehead atoms. The summed E-state index contributed by atoms with van der Waals surface area (Å²) < 4.78 is 94.4. The summed E-state index contributed by atoms with van der Waals surface area (Å²) >= 11 is 0. The molecular formula is C53H84NO39+. The second kappa shape index (κ2) is 31.4. The molecule has 93 heavy (non-hydrogen) atoms. The number of pyridine rings is 1. The van der Waals surface area contributed by atoms with E-state index in [1.54, 1.807) is 30.6 Å². The van der Waals surface area contributed by atoms with Crippen molar-refractivity contribution in [3.63, 3.8) is 0 Å². The van der Waals surface area contributed by atoms with E-state index in [4.69, 9.17) is 75.8 Å². The van der Waals surface area contributed by atoms with E-state index in [2.05, 4.69) is 0 Å². The zero-order chi connectivity index (χ0) is 67.2. The molecule has 0 radical (unpaired) electrons. The van der Waals surface area contributed by atoms with Crippen LogP contribution in [0, 0.1) is 0 Å². The lowest BCUT2D eigenvalue weighted by Gasteiger charge is -2.50. The molecule has 30 saturated heterocycles. The fourth-order valence-corrected chi connectivity index (χ4v) is 12.7. The molecule has 31 rings (SSSR count). The highest BCUT2D eigenvalue weighted by atomic mass is 16.8. The lowest BCUT2D eigenvalue weighted by molar-refractivity contribution is -0.707. The molecule has 1 aromatic rings. The van der Waals surface area contributed by atoms with Gasteiger partial charge >= 0.3 is 0 Å². The van der Waals surface area contributed by atoms with Gasteiger partial charge in [0.15, 0.2) is 69.3 Å². The Balaban J connectivity index is 0.927. The molecular weight excluding hydrogens is 1270 g/mol. The maximum Gasteiger partial charge on any atom is 0.187 e. The molecule has 0 amide bonds. The minimum Gasteiger partial charge on any atom is -0.394 e. The molecule has 31 heterocycles. The Morgan fingerprint density at radius 2 is 0.344 bits per heavy atom. The second-order valence-corrected chi connectivity index (χ2v) is 23.8. The molecule has 534 valence electrons. The van der Waals surface area contributed by atoms with E-state index in [0.29, 0.717) is 0 Å². The monoisotopic (exact) mass is 1360 g/mol. The van der Waals surface area contributed by atoms with Crippen molar-refractivity contribution >= 4 is 0 Å². The van der Waals surface area contributed by atoms with Gasteiger partial charge in [-0.15, -0.1) is 0 Å². The molecule has 40 nitrogen and oxygen atoms in total. The first-order valence-electron chi connectivity index (χ1n) is 30.0. The second-order valence-electron chi connectivity index (χ2n) is 23.8. The normalized spacial score (nSPS) is 53.0. The number of ether oxygens (including phenoxy) is 16. The number of aliphatic hydroxyl groups excluding tert-OH is 23. The standard InChI is InChI=1S/C53H84NO39/c55-7-15-39-24(64)32(72)48(80-15)89-41-17(9-57)82-50(34(74)26(41)66)91-43-19(11-59)84-52(36(76)28(43)68)93-45-21(13-61)85-53(37(77)29(45)69)92-44-20(12-60)83-51(35(75)27(44)67)90-42-18(10-58)81-49(33(73)25(42)65)88-40-16(8-56)79-47(31(71)23(40)63)86-38-14(6-54-4-2-1-3-5-54)78-46(87-39)30(70)22(38)62/h1-5,14-53,55-77H,6-13H2/q+1/t14-,15-,16+,17-,18+,19-,20+,21-,22-,23-,24-,25-,26+,27-,28-,29-,30-,31-,32+,33-,34-,35-,36-,37-,38-,39-,40-,41-,42-,43-,44-,45-,46-,47-,48-,49-,50-,51-,52-,53-/m1/s1. The van der Waals surface area contributed by atoms with Crippen molar-refractivity contribution in [2.24, 2.45) is 0 Å². The van der Waals surface area contributed by atoms with Gasteiger partial charge in [-0.3, -0.25) is 0 Å². The molecule has 30 fully saturated rings. The van der Waals surface area contributed by atoms with E-state index >= 15 is 0 Å². The summed E-state index contributed by atoms with van der Waals surface area (Å²) in [6, 6.07) is 4.86. The molecule has 23 N–H and O–H groups in total. The van der Waals surface area contributed by atoms with Crippen LogP contribution in [0.5, 0.6) is 0 Å². The van der Waals surface area contributed by atoms with Crippen LogP contribution in [0.15, 0.2) is 30.6 Å². The van der Waals surface area contributed by atoms with Gasteiger partial charge in [0.2, 0.25) is 0 Å². The van der Waals surface area contributed by atoms with Crippen molar-refractivity contribution in [3.8, 4) is 0 Å². The third-order valence-electron chi connectivity index (χ3n) is 17.9. The minimum absolute atomic E-state index is 0.274. The zero-order valence-corrected chi connectivity index (χ0v) is 48.9. The number of hydrogen-bond donors (Lipinski definition) is 23. The summed E-state index contributed by atoms with van der Waals surface area (Å²) in [4.78, 5) is 0. The summed E-state index contributed by atoms with van der Waals surface area (Å²) in [6.45, 7) is -7.74. The van der Waals surface area contributed by atoms with Crippen molar-refractivity contribution < 1.29 is 198 Å². The molecule has 0 aromatic carbocycles. The van der Waals surface area contributed by atoms with Crippen LogP contribution in [0.4, 0.5) is 0 Å². The van der Waals surface area contributed by atoms with Gasteiger partial charge in [0.1, 0.15) is 195 Å². The van der Waals surface area contributed by atoms with Crippen molar-refractivity contribution in [2.45, 2.75) is 252 Å². The molecule has 0 spiro atoms. The first-order valence-corrected chi connectivity index (χ1v) is 30.0. The van der Waals surface area contributed by atoms with Crippen molar-refractivity contribution in [1.82, 2.24) is 0 Å². The number of aliphatic hydroxyl groups is 23. The summed E-state index contributed by atoms with van der Waals surface area (Å²) in [5.41, 5.74) is 0. The number of hydrogen-bond acceptors (Lipinski definition) is 39. The van der Waals surface area contributed by atoms with Gasteiger partial charge in [-0.1, -0.05) is 6.07 Å². The Bertz CT molecular complexity index is 2440. The van der Waals surface area contributed by atoms with Crippen LogP contribution >= 0.6 is 0 Å². The van der Waals surface area contributed by atoms with Crippen molar-refractivity contribution in [3.05, 3.63) is 30.6 Å².